The molecule has 277 valence electrons. The van der Waals surface area contributed by atoms with Crippen LogP contribution in [0.5, 0.6) is 5.75 Å². The molecule has 0 fully saturated rings. The van der Waals surface area contributed by atoms with Crippen LogP contribution in [0.2, 0.25) is 0 Å². The first-order valence-electron chi connectivity index (χ1n) is 13.7. The van der Waals surface area contributed by atoms with Crippen molar-refractivity contribution in [1.82, 2.24) is 9.97 Å². The maximum absolute atomic E-state index is 11.6. The number of rotatable bonds is 9. The van der Waals surface area contributed by atoms with Gasteiger partial charge in [0.25, 0.3) is 0 Å². The number of phenolic OH excluding ortho intramolecular Hbond substituents is 1. The predicted octanol–water partition coefficient (Wildman–Crippen LogP) is 4.64. The van der Waals surface area contributed by atoms with Crippen LogP contribution in [0.1, 0.15) is 39.0 Å². The van der Waals surface area contributed by atoms with E-state index in [1.807, 2.05) is 30.3 Å². The molecule has 0 atom stereocenters. The van der Waals surface area contributed by atoms with Gasteiger partial charge in [-0.2, -0.15) is 0 Å². The summed E-state index contributed by atoms with van der Waals surface area (Å²) >= 11 is 12.6. The first kappa shape index (κ1) is 51.5. The fraction of sp³-hybridized carbons (Fsp3) is 0.176. The van der Waals surface area contributed by atoms with Crippen molar-refractivity contribution in [2.75, 3.05) is 20.8 Å². The van der Waals surface area contributed by atoms with Crippen molar-refractivity contribution in [3.63, 3.8) is 0 Å². The van der Waals surface area contributed by atoms with Gasteiger partial charge in [0.15, 0.2) is 0 Å². The number of terminal acetylenes is 1. The summed E-state index contributed by atoms with van der Waals surface area (Å²) in [5, 5.41) is 10.2. The standard InChI is InChI=1S/C17H14BrNO4.C9H9NO.C8H6Br2O3.B.2Cu.Li.O.H/c1-21-17(20)13-5-12-6-14(23-16(12)15(18)7-13)10-22-9-11-3-2-4-19-8-11;1-2-6-11-8-9-4-3-5-10-7-9;1-13-8(12)4-2-5(9)7(11)6(10)3-4;;;;;;/h2-8H,9-10H2,1H3;1,3-5,7H,6,8H2;2-3,11H,1H3;;;;;;/q;;;;;;+1;;-1. The Bertz CT molecular complexity index is 1840. The quantitative estimate of drug-likeness (QED) is 0.0955. The number of fused-ring (bicyclic) bond motifs is 1. The van der Waals surface area contributed by atoms with Gasteiger partial charge in [0, 0.05) is 55.7 Å². The Balaban J connectivity index is -0.000000720. The first-order chi connectivity index (χ1) is 23.7. The van der Waals surface area contributed by atoms with Crippen molar-refractivity contribution in [2.45, 2.75) is 19.8 Å². The molecule has 0 spiro atoms. The second-order valence-corrected chi connectivity index (χ2v) is 11.8. The van der Waals surface area contributed by atoms with Crippen LogP contribution in [0.15, 0.2) is 97.2 Å². The second kappa shape index (κ2) is 28.9. The number of pyridine rings is 2. The molecule has 0 saturated carbocycles. The molecule has 5 rings (SSSR count). The summed E-state index contributed by atoms with van der Waals surface area (Å²) in [5.41, 5.74) is 3.56. The van der Waals surface area contributed by atoms with Gasteiger partial charge < -0.3 is 29.9 Å². The molecule has 4 radical (unpaired) electrons. The number of hydrogen-bond acceptors (Lipinski definition) is 11. The molecule has 1 N–H and O–H groups in total. The molecule has 2 aromatic carbocycles. The Morgan fingerprint density at radius 1 is 0.846 bits per heavy atom. The van der Waals surface area contributed by atoms with Crippen molar-refractivity contribution in [3.8, 4) is 18.1 Å². The van der Waals surface area contributed by atoms with Crippen molar-refractivity contribution >= 4 is 79.1 Å². The minimum absolute atomic E-state index is 0. The van der Waals surface area contributed by atoms with Crippen LogP contribution >= 0.6 is 47.8 Å². The number of halogens is 3. The number of methoxy groups -OCH3 is 2. The van der Waals surface area contributed by atoms with Crippen LogP contribution in [0, 0.1) is 12.3 Å². The third-order valence-corrected chi connectivity index (χ3v) is 7.69. The minimum atomic E-state index is -0.443. The monoisotopic (exact) mass is 991 g/mol. The van der Waals surface area contributed by atoms with E-state index in [9.17, 15) is 14.7 Å². The topological polar surface area (TPSA) is 147 Å². The molecule has 3 aromatic heterocycles. The summed E-state index contributed by atoms with van der Waals surface area (Å²) in [4.78, 5) is 30.7. The van der Waals surface area contributed by atoms with Gasteiger partial charge in [-0.05, 0) is 101 Å². The van der Waals surface area contributed by atoms with E-state index in [-0.39, 0.29) is 57.5 Å². The molecule has 0 aliphatic carbocycles. The van der Waals surface area contributed by atoms with Crippen LogP contribution in [0.25, 0.3) is 11.0 Å². The predicted molar refractivity (Wildman–Crippen MR) is 193 cm³/mol. The Hall–Kier alpha value is -2.56. The number of benzene rings is 2. The maximum atomic E-state index is 11.6. The fourth-order valence-corrected chi connectivity index (χ4v) is 5.48. The SMILES string of the molecule is C#CCOCc1cccnc1.COC(=O)c1cc(Br)c(O)c(Br)c1.COC(=O)c1cc(Br)c2oc(COCc3cccnc3)cc2c1.[B].[Cu].[H-].[Li+].[O]=[Cu]. The summed E-state index contributed by atoms with van der Waals surface area (Å²) in [6, 6.07) is 15.9. The number of furan rings is 1. The normalized spacial score (nSPS) is 9.27. The summed E-state index contributed by atoms with van der Waals surface area (Å²) in [5.74, 6) is 2.32. The van der Waals surface area contributed by atoms with Gasteiger partial charge in [0.2, 0.25) is 0 Å². The Kier molecular flexibility index (Phi) is 28.6. The van der Waals surface area contributed by atoms with E-state index in [0.717, 1.165) is 16.5 Å². The number of hydrogen-bond donors (Lipinski definition) is 1. The summed E-state index contributed by atoms with van der Waals surface area (Å²) in [6.07, 6.45) is 12.0. The first-order valence-corrected chi connectivity index (χ1v) is 16.5. The van der Waals surface area contributed by atoms with Crippen molar-refractivity contribution in [1.29, 1.82) is 0 Å². The molecule has 0 aliphatic rings. The number of phenols is 1. The van der Waals surface area contributed by atoms with Crippen LogP contribution in [0.4, 0.5) is 0 Å². The molecule has 11 nitrogen and oxygen atoms in total. The van der Waals surface area contributed by atoms with E-state index in [0.29, 0.717) is 62.3 Å². The molecule has 0 aliphatic heterocycles. The molecule has 0 saturated heterocycles. The number of aromatic hydroxyl groups is 1. The molecule has 0 amide bonds. The van der Waals surface area contributed by atoms with Crippen molar-refractivity contribution < 1.29 is 95.2 Å². The molecule has 0 bridgehead atoms. The van der Waals surface area contributed by atoms with Gasteiger partial charge in [0.1, 0.15) is 30.3 Å². The number of carbonyl (C=O) groups is 2. The molecule has 0 unspecified atom stereocenters. The van der Waals surface area contributed by atoms with E-state index in [1.54, 1.807) is 36.9 Å². The van der Waals surface area contributed by atoms with Gasteiger partial charge in [-0.1, -0.05) is 18.1 Å². The molecule has 52 heavy (non-hydrogen) atoms. The van der Waals surface area contributed by atoms with Gasteiger partial charge in [0.05, 0.1) is 52.0 Å². The second-order valence-electron chi connectivity index (χ2n) is 9.27. The number of nitrogens with zero attached hydrogens (tertiary/aromatic N) is 2. The number of esters is 2. The zero-order valence-electron chi connectivity index (χ0n) is 28.8. The summed E-state index contributed by atoms with van der Waals surface area (Å²) in [7, 11) is 2.66. The van der Waals surface area contributed by atoms with Gasteiger partial charge in [-0.25, -0.2) is 9.59 Å². The average Bonchev–Trinajstić information content (AvgIpc) is 3.55. The Labute approximate surface area is 360 Å². The Morgan fingerprint density at radius 2 is 1.33 bits per heavy atom. The van der Waals surface area contributed by atoms with Crippen LogP contribution in [-0.2, 0) is 75.6 Å². The van der Waals surface area contributed by atoms with Crippen LogP contribution in [-0.4, -0.2) is 56.3 Å². The molecule has 3 heterocycles. The molecular formula is C34H30BBr3Cu2LiN2O9. The van der Waals surface area contributed by atoms with Crippen molar-refractivity contribution in [2.24, 2.45) is 0 Å². The summed E-state index contributed by atoms with van der Waals surface area (Å²) in [6.45, 7) is 1.69. The van der Waals surface area contributed by atoms with E-state index in [2.05, 4.69) is 84.4 Å². The number of aromatic nitrogens is 2. The third-order valence-electron chi connectivity index (χ3n) is 5.89. The van der Waals surface area contributed by atoms with Crippen LogP contribution < -0.4 is 18.9 Å². The van der Waals surface area contributed by atoms with Gasteiger partial charge in [-0.15, -0.1) is 6.42 Å². The van der Waals surface area contributed by atoms with Gasteiger partial charge in [-0.3, -0.25) is 9.97 Å². The van der Waals surface area contributed by atoms with E-state index in [4.69, 9.17) is 28.9 Å². The average molecular weight is 995 g/mol. The molecular weight excluding hydrogens is 965 g/mol. The molecule has 18 heteroatoms. The van der Waals surface area contributed by atoms with Crippen LogP contribution in [0.3, 0.4) is 0 Å². The number of ether oxygens (including phenoxy) is 4. The third kappa shape index (κ3) is 17.5. The van der Waals surface area contributed by atoms with E-state index >= 15 is 0 Å². The Morgan fingerprint density at radius 3 is 1.79 bits per heavy atom. The zero-order chi connectivity index (χ0) is 36.2. The van der Waals surface area contributed by atoms with E-state index in [1.165, 1.54) is 26.4 Å². The van der Waals surface area contributed by atoms with Gasteiger partial charge >= 0.3 is 50.6 Å². The summed E-state index contributed by atoms with van der Waals surface area (Å²) < 4.78 is 35.2. The zero-order valence-corrected chi connectivity index (χ0v) is 34.5. The van der Waals surface area contributed by atoms with E-state index < -0.39 is 5.97 Å². The molecule has 5 aromatic rings. The van der Waals surface area contributed by atoms with Crippen molar-refractivity contribution in [3.05, 3.63) is 121 Å². The fourth-order valence-electron chi connectivity index (χ4n) is 3.74. The number of carbonyl (C=O) groups excluding carboxylic acids is 2.